The number of hydrogen-bond acceptors (Lipinski definition) is 4. The highest BCUT2D eigenvalue weighted by Crippen LogP contribution is 2.38. The average Bonchev–Trinajstić information content (AvgIpc) is 3.12. The lowest BCUT2D eigenvalue weighted by Crippen LogP contribution is -2.46. The molecule has 1 aromatic heterocycles. The Morgan fingerprint density at radius 2 is 2.33 bits per heavy atom. The first-order chi connectivity index (χ1) is 10.2. The number of carboxylic acid groups (broad SMARTS) is 1. The van der Waals surface area contributed by atoms with Gasteiger partial charge in [0, 0.05) is 24.1 Å². The van der Waals surface area contributed by atoms with Crippen LogP contribution >= 0.6 is 0 Å². The summed E-state index contributed by atoms with van der Waals surface area (Å²) in [5.41, 5.74) is 1.24. The molecule has 1 saturated heterocycles. The fourth-order valence-corrected chi connectivity index (χ4v) is 3.72. The minimum absolute atomic E-state index is 0.0340. The van der Waals surface area contributed by atoms with Crippen LogP contribution in [0.3, 0.4) is 0 Å². The summed E-state index contributed by atoms with van der Waals surface area (Å²) in [5, 5.41) is 9.43. The lowest BCUT2D eigenvalue weighted by Gasteiger charge is -2.38. The van der Waals surface area contributed by atoms with Gasteiger partial charge in [0.05, 0.1) is 25.4 Å². The summed E-state index contributed by atoms with van der Waals surface area (Å²) in [4.78, 5) is 13.8. The van der Waals surface area contributed by atoms with Crippen molar-refractivity contribution in [1.82, 2.24) is 4.90 Å². The third-order valence-corrected chi connectivity index (χ3v) is 4.70. The third kappa shape index (κ3) is 2.72. The highest BCUT2D eigenvalue weighted by Gasteiger charge is 2.41. The van der Waals surface area contributed by atoms with Crippen LogP contribution in [-0.4, -0.2) is 41.8 Å². The van der Waals surface area contributed by atoms with Crippen molar-refractivity contribution >= 4 is 5.97 Å². The number of furan rings is 1. The zero-order valence-electron chi connectivity index (χ0n) is 12.5. The molecule has 2 heterocycles. The number of aryl methyl sites for hydroxylation is 1. The van der Waals surface area contributed by atoms with Gasteiger partial charge in [0.25, 0.3) is 0 Å². The average molecular weight is 293 g/mol. The number of fused-ring (bicyclic) bond motifs is 1. The fraction of sp³-hybridized carbons (Fsp3) is 0.688. The molecule has 21 heavy (non-hydrogen) atoms. The summed E-state index contributed by atoms with van der Waals surface area (Å²) >= 11 is 0. The van der Waals surface area contributed by atoms with Gasteiger partial charge in [-0.1, -0.05) is 6.92 Å². The van der Waals surface area contributed by atoms with Crippen LogP contribution in [0.15, 0.2) is 16.7 Å². The number of ether oxygens (including phenoxy) is 1. The Hall–Kier alpha value is -1.33. The summed E-state index contributed by atoms with van der Waals surface area (Å²) < 4.78 is 11.0. The van der Waals surface area contributed by atoms with E-state index in [1.165, 1.54) is 5.56 Å². The molecule has 0 spiro atoms. The van der Waals surface area contributed by atoms with Crippen molar-refractivity contribution in [2.75, 3.05) is 19.8 Å². The molecule has 0 aromatic carbocycles. The lowest BCUT2D eigenvalue weighted by molar-refractivity contribution is -0.143. The van der Waals surface area contributed by atoms with Crippen LogP contribution in [0.25, 0.3) is 0 Å². The summed E-state index contributed by atoms with van der Waals surface area (Å²) in [5.74, 6) is -0.103. The predicted molar refractivity (Wildman–Crippen MR) is 77.1 cm³/mol. The molecule has 1 aromatic rings. The first-order valence-electron chi connectivity index (χ1n) is 7.85. The van der Waals surface area contributed by atoms with Crippen molar-refractivity contribution in [1.29, 1.82) is 0 Å². The molecular weight excluding hydrogens is 270 g/mol. The molecule has 1 fully saturated rings. The highest BCUT2D eigenvalue weighted by molar-refractivity contribution is 5.71. The summed E-state index contributed by atoms with van der Waals surface area (Å²) in [7, 11) is 0. The second-order valence-corrected chi connectivity index (χ2v) is 5.99. The van der Waals surface area contributed by atoms with Gasteiger partial charge in [-0.15, -0.1) is 0 Å². The van der Waals surface area contributed by atoms with Crippen LogP contribution in [-0.2, 0) is 16.0 Å². The van der Waals surface area contributed by atoms with E-state index in [4.69, 9.17) is 9.15 Å². The largest absolute Gasteiger partial charge is 0.481 e. The van der Waals surface area contributed by atoms with E-state index >= 15 is 0 Å². The van der Waals surface area contributed by atoms with Gasteiger partial charge in [-0.3, -0.25) is 9.69 Å². The minimum atomic E-state index is -0.748. The molecule has 0 radical (unpaired) electrons. The molecule has 0 amide bonds. The number of aliphatic carboxylic acids is 1. The van der Waals surface area contributed by atoms with Crippen LogP contribution < -0.4 is 0 Å². The Kier molecular flexibility index (Phi) is 4.31. The number of carbonyl (C=O) groups is 1. The van der Waals surface area contributed by atoms with E-state index in [0.717, 1.165) is 38.0 Å². The summed E-state index contributed by atoms with van der Waals surface area (Å²) in [6, 6.07) is 2.28. The number of nitrogens with zero attached hydrogens (tertiary/aromatic N) is 1. The van der Waals surface area contributed by atoms with Gasteiger partial charge in [0.2, 0.25) is 0 Å². The van der Waals surface area contributed by atoms with Crippen molar-refractivity contribution in [2.45, 2.75) is 44.7 Å². The normalized spacial score (nSPS) is 28.8. The van der Waals surface area contributed by atoms with Gasteiger partial charge in [0.1, 0.15) is 5.76 Å². The van der Waals surface area contributed by atoms with Crippen LogP contribution in [0.4, 0.5) is 0 Å². The maximum Gasteiger partial charge on any atom is 0.310 e. The van der Waals surface area contributed by atoms with Crippen molar-refractivity contribution in [3.8, 4) is 0 Å². The highest BCUT2D eigenvalue weighted by atomic mass is 16.5. The van der Waals surface area contributed by atoms with E-state index in [1.807, 2.05) is 6.07 Å². The molecule has 1 aliphatic heterocycles. The second-order valence-electron chi connectivity index (χ2n) is 5.99. The Bertz CT molecular complexity index is 498. The van der Waals surface area contributed by atoms with E-state index in [1.54, 1.807) is 6.26 Å². The third-order valence-electron chi connectivity index (χ3n) is 4.70. The fourth-order valence-electron chi connectivity index (χ4n) is 3.72. The van der Waals surface area contributed by atoms with E-state index in [2.05, 4.69) is 11.8 Å². The van der Waals surface area contributed by atoms with Crippen LogP contribution in [0.5, 0.6) is 0 Å². The number of rotatable bonds is 5. The van der Waals surface area contributed by atoms with Gasteiger partial charge in [0.15, 0.2) is 0 Å². The lowest BCUT2D eigenvalue weighted by atomic mass is 9.89. The molecule has 0 bridgehead atoms. The number of carboxylic acids is 1. The molecule has 3 atom stereocenters. The van der Waals surface area contributed by atoms with Crippen molar-refractivity contribution < 1.29 is 19.1 Å². The molecule has 1 N–H and O–H groups in total. The standard InChI is InChI=1S/C16H23NO4/c1-2-7-17(14-10-20-9-12(14)16(18)19)13-4-3-5-15-11(13)6-8-21-15/h6,8,12-14H,2-5,7,9-10H2,1H3,(H,18,19). The minimum Gasteiger partial charge on any atom is -0.481 e. The quantitative estimate of drug-likeness (QED) is 0.903. The molecule has 0 saturated carbocycles. The van der Waals surface area contributed by atoms with Gasteiger partial charge in [-0.25, -0.2) is 0 Å². The van der Waals surface area contributed by atoms with E-state index in [0.29, 0.717) is 13.2 Å². The molecular formula is C16H23NO4. The van der Waals surface area contributed by atoms with E-state index < -0.39 is 11.9 Å². The van der Waals surface area contributed by atoms with E-state index in [9.17, 15) is 9.90 Å². The molecule has 116 valence electrons. The molecule has 3 unspecified atom stereocenters. The Morgan fingerprint density at radius 1 is 1.48 bits per heavy atom. The number of hydrogen-bond donors (Lipinski definition) is 1. The van der Waals surface area contributed by atoms with Crippen molar-refractivity contribution in [3.05, 3.63) is 23.7 Å². The maximum atomic E-state index is 11.5. The zero-order valence-corrected chi connectivity index (χ0v) is 12.5. The molecule has 1 aliphatic carbocycles. The molecule has 3 rings (SSSR count). The van der Waals surface area contributed by atoms with Crippen molar-refractivity contribution in [2.24, 2.45) is 5.92 Å². The van der Waals surface area contributed by atoms with Crippen LogP contribution in [0.1, 0.15) is 43.6 Å². The topological polar surface area (TPSA) is 62.9 Å². The van der Waals surface area contributed by atoms with Gasteiger partial charge < -0.3 is 14.3 Å². The first-order valence-corrected chi connectivity index (χ1v) is 7.85. The first kappa shape index (κ1) is 14.6. The van der Waals surface area contributed by atoms with Crippen LogP contribution in [0, 0.1) is 5.92 Å². The van der Waals surface area contributed by atoms with Crippen molar-refractivity contribution in [3.63, 3.8) is 0 Å². The Balaban J connectivity index is 1.87. The Morgan fingerprint density at radius 3 is 3.10 bits per heavy atom. The monoisotopic (exact) mass is 293 g/mol. The predicted octanol–water partition coefficient (Wildman–Crippen LogP) is 2.47. The van der Waals surface area contributed by atoms with Crippen LogP contribution in [0.2, 0.25) is 0 Å². The molecule has 2 aliphatic rings. The van der Waals surface area contributed by atoms with Gasteiger partial charge >= 0.3 is 5.97 Å². The summed E-state index contributed by atoms with van der Waals surface area (Å²) in [6.07, 6.45) is 5.91. The summed E-state index contributed by atoms with van der Waals surface area (Å²) in [6.45, 7) is 3.87. The SMILES string of the molecule is CCCN(C1CCCc2occc21)C1COCC1C(=O)O. The second kappa shape index (κ2) is 6.20. The molecule has 5 heteroatoms. The van der Waals surface area contributed by atoms with E-state index in [-0.39, 0.29) is 12.1 Å². The van der Waals surface area contributed by atoms with Gasteiger partial charge in [-0.05, 0) is 31.9 Å². The Labute approximate surface area is 124 Å². The maximum absolute atomic E-state index is 11.5. The molecule has 5 nitrogen and oxygen atoms in total. The smallest absolute Gasteiger partial charge is 0.310 e. The zero-order chi connectivity index (χ0) is 14.8. The van der Waals surface area contributed by atoms with Gasteiger partial charge in [-0.2, -0.15) is 0 Å².